The molecule has 0 radical (unpaired) electrons. The molecule has 1 aliphatic rings. The van der Waals surface area contributed by atoms with Crippen LogP contribution in [0.15, 0.2) is 54.6 Å². The molecule has 0 heterocycles. The van der Waals surface area contributed by atoms with E-state index in [2.05, 4.69) is 12.1 Å². The van der Waals surface area contributed by atoms with Gasteiger partial charge in [0.2, 0.25) is 5.91 Å². The second-order valence-electron chi connectivity index (χ2n) is 6.12. The maximum Gasteiger partial charge on any atom is 0.233 e. The first-order valence-corrected chi connectivity index (χ1v) is 8.17. The highest BCUT2D eigenvalue weighted by Gasteiger charge is 2.52. The van der Waals surface area contributed by atoms with Gasteiger partial charge >= 0.3 is 0 Å². The predicted octanol–water partition coefficient (Wildman–Crippen LogP) is 3.78. The maximum absolute atomic E-state index is 13.1. The second kappa shape index (κ2) is 6.45. The van der Waals surface area contributed by atoms with Crippen molar-refractivity contribution in [3.05, 3.63) is 65.7 Å². The molecule has 3 nitrogen and oxygen atoms in total. The van der Waals surface area contributed by atoms with Crippen LogP contribution >= 0.6 is 0 Å². The molecule has 2 aromatic carbocycles. The van der Waals surface area contributed by atoms with Crippen molar-refractivity contribution in [1.29, 1.82) is 0 Å². The largest absolute Gasteiger partial charge is 0.497 e. The highest BCUT2D eigenvalue weighted by atomic mass is 16.5. The molecule has 0 spiro atoms. The van der Waals surface area contributed by atoms with Gasteiger partial charge in [0, 0.05) is 13.1 Å². The van der Waals surface area contributed by atoms with Crippen molar-refractivity contribution in [2.24, 2.45) is 0 Å². The van der Waals surface area contributed by atoms with E-state index in [1.807, 2.05) is 54.3 Å². The molecule has 0 N–H and O–H groups in total. The predicted molar refractivity (Wildman–Crippen MR) is 91.4 cm³/mol. The Kier molecular flexibility index (Phi) is 4.37. The van der Waals surface area contributed by atoms with E-state index >= 15 is 0 Å². The van der Waals surface area contributed by atoms with Gasteiger partial charge in [-0.05, 0) is 43.0 Å². The van der Waals surface area contributed by atoms with Crippen LogP contribution in [0.25, 0.3) is 0 Å². The first-order valence-electron chi connectivity index (χ1n) is 8.17. The minimum absolute atomic E-state index is 0.252. The lowest BCUT2D eigenvalue weighted by atomic mass is 9.94. The van der Waals surface area contributed by atoms with Gasteiger partial charge in [0.1, 0.15) is 5.75 Å². The molecule has 23 heavy (non-hydrogen) atoms. The van der Waals surface area contributed by atoms with Gasteiger partial charge in [-0.2, -0.15) is 0 Å². The quantitative estimate of drug-likeness (QED) is 0.813. The Labute approximate surface area is 137 Å². The number of ether oxygens (including phenoxy) is 1. The topological polar surface area (TPSA) is 29.5 Å². The highest BCUT2D eigenvalue weighted by molar-refractivity contribution is 5.91. The van der Waals surface area contributed by atoms with Gasteiger partial charge in [-0.3, -0.25) is 4.79 Å². The van der Waals surface area contributed by atoms with Gasteiger partial charge < -0.3 is 9.64 Å². The van der Waals surface area contributed by atoms with Gasteiger partial charge in [-0.25, -0.2) is 0 Å². The number of rotatable bonds is 6. The summed E-state index contributed by atoms with van der Waals surface area (Å²) in [5, 5.41) is 0. The second-order valence-corrected chi connectivity index (χ2v) is 6.12. The van der Waals surface area contributed by atoms with E-state index in [1.54, 1.807) is 7.11 Å². The van der Waals surface area contributed by atoms with Gasteiger partial charge in [0.15, 0.2) is 0 Å². The fourth-order valence-electron chi connectivity index (χ4n) is 3.09. The first-order chi connectivity index (χ1) is 11.2. The Morgan fingerprint density at radius 2 is 1.74 bits per heavy atom. The normalized spacial score (nSPS) is 15.0. The molecule has 1 amide bonds. The minimum atomic E-state index is -0.288. The molecular formula is C20H23NO2. The van der Waals surface area contributed by atoms with Crippen LogP contribution in [0.1, 0.15) is 30.9 Å². The van der Waals surface area contributed by atoms with E-state index in [0.29, 0.717) is 6.54 Å². The van der Waals surface area contributed by atoms with Gasteiger partial charge in [-0.1, -0.05) is 42.5 Å². The van der Waals surface area contributed by atoms with Gasteiger partial charge in [0.25, 0.3) is 0 Å². The number of benzene rings is 2. The zero-order valence-electron chi connectivity index (χ0n) is 13.8. The number of likely N-dealkylation sites (N-methyl/N-ethyl adjacent to an activating group) is 1. The van der Waals surface area contributed by atoms with Gasteiger partial charge in [0.05, 0.1) is 12.5 Å². The number of carbonyl (C=O) groups is 1. The molecule has 1 aliphatic carbocycles. The molecule has 1 fully saturated rings. The van der Waals surface area contributed by atoms with E-state index < -0.39 is 0 Å². The van der Waals surface area contributed by atoms with Crippen LogP contribution in [-0.2, 0) is 16.8 Å². The molecule has 2 aromatic rings. The standard InChI is InChI=1S/C20H23NO2/c1-3-21(15-16-9-11-18(23-2)12-10-16)19(22)20(13-14-20)17-7-5-4-6-8-17/h4-12H,3,13-15H2,1-2H3. The van der Waals surface area contributed by atoms with Crippen LogP contribution < -0.4 is 4.74 Å². The third-order valence-electron chi connectivity index (χ3n) is 4.69. The van der Waals surface area contributed by atoms with Crippen molar-refractivity contribution >= 4 is 5.91 Å². The summed E-state index contributed by atoms with van der Waals surface area (Å²) in [7, 11) is 1.66. The lowest BCUT2D eigenvalue weighted by molar-refractivity contribution is -0.134. The third-order valence-corrected chi connectivity index (χ3v) is 4.69. The Morgan fingerprint density at radius 3 is 2.26 bits per heavy atom. The summed E-state index contributed by atoms with van der Waals surface area (Å²) >= 11 is 0. The fraction of sp³-hybridized carbons (Fsp3) is 0.350. The van der Waals surface area contributed by atoms with E-state index in [9.17, 15) is 4.79 Å². The lowest BCUT2D eigenvalue weighted by Crippen LogP contribution is -2.38. The number of hydrogen-bond donors (Lipinski definition) is 0. The highest BCUT2D eigenvalue weighted by Crippen LogP contribution is 2.49. The van der Waals surface area contributed by atoms with Gasteiger partial charge in [-0.15, -0.1) is 0 Å². The molecule has 0 aromatic heterocycles. The SMILES string of the molecule is CCN(Cc1ccc(OC)cc1)C(=O)C1(c2ccccc2)CC1. The summed E-state index contributed by atoms with van der Waals surface area (Å²) in [6, 6.07) is 18.1. The van der Waals surface area contributed by atoms with Crippen molar-refractivity contribution in [3.8, 4) is 5.75 Å². The summed E-state index contributed by atoms with van der Waals surface area (Å²) in [5.41, 5.74) is 1.99. The Balaban J connectivity index is 1.76. The Hall–Kier alpha value is -2.29. The first kappa shape index (κ1) is 15.6. The van der Waals surface area contributed by atoms with Crippen molar-refractivity contribution in [1.82, 2.24) is 4.90 Å². The lowest BCUT2D eigenvalue weighted by Gasteiger charge is -2.27. The number of nitrogens with zero attached hydrogens (tertiary/aromatic N) is 1. The van der Waals surface area contributed by atoms with E-state index in [1.165, 1.54) is 0 Å². The van der Waals surface area contributed by atoms with Crippen molar-refractivity contribution in [2.45, 2.75) is 31.7 Å². The summed E-state index contributed by atoms with van der Waals surface area (Å²) in [6.45, 7) is 3.41. The minimum Gasteiger partial charge on any atom is -0.497 e. The van der Waals surface area contributed by atoms with Crippen LogP contribution in [0, 0.1) is 0 Å². The van der Waals surface area contributed by atoms with Crippen molar-refractivity contribution < 1.29 is 9.53 Å². The summed E-state index contributed by atoms with van der Waals surface area (Å²) in [4.78, 5) is 15.0. The van der Waals surface area contributed by atoms with E-state index in [4.69, 9.17) is 4.74 Å². The molecule has 1 saturated carbocycles. The van der Waals surface area contributed by atoms with Crippen LogP contribution in [0.3, 0.4) is 0 Å². The monoisotopic (exact) mass is 309 g/mol. The number of carbonyl (C=O) groups excluding carboxylic acids is 1. The Morgan fingerprint density at radius 1 is 1.09 bits per heavy atom. The van der Waals surface area contributed by atoms with Crippen LogP contribution in [0.4, 0.5) is 0 Å². The average molecular weight is 309 g/mol. The smallest absolute Gasteiger partial charge is 0.233 e. The maximum atomic E-state index is 13.1. The molecule has 3 heteroatoms. The zero-order valence-corrected chi connectivity index (χ0v) is 13.8. The van der Waals surface area contributed by atoms with E-state index in [0.717, 1.165) is 36.3 Å². The molecule has 0 aliphatic heterocycles. The molecule has 3 rings (SSSR count). The summed E-state index contributed by atoms with van der Waals surface area (Å²) in [5.74, 6) is 1.09. The molecule has 120 valence electrons. The molecule has 0 atom stereocenters. The van der Waals surface area contributed by atoms with Crippen LogP contribution in [-0.4, -0.2) is 24.5 Å². The molecular weight excluding hydrogens is 286 g/mol. The fourth-order valence-corrected chi connectivity index (χ4v) is 3.09. The number of hydrogen-bond acceptors (Lipinski definition) is 2. The summed E-state index contributed by atoms with van der Waals surface area (Å²) in [6.07, 6.45) is 1.91. The van der Waals surface area contributed by atoms with Crippen LogP contribution in [0.2, 0.25) is 0 Å². The number of amides is 1. The Bertz CT molecular complexity index is 660. The van der Waals surface area contributed by atoms with Crippen molar-refractivity contribution in [2.75, 3.05) is 13.7 Å². The molecule has 0 saturated heterocycles. The average Bonchev–Trinajstić information content (AvgIpc) is 3.42. The van der Waals surface area contributed by atoms with E-state index in [-0.39, 0.29) is 11.3 Å². The molecule has 0 bridgehead atoms. The number of methoxy groups -OCH3 is 1. The third kappa shape index (κ3) is 3.09. The summed E-state index contributed by atoms with van der Waals surface area (Å²) < 4.78 is 5.19. The molecule has 0 unspecified atom stereocenters. The van der Waals surface area contributed by atoms with Crippen molar-refractivity contribution in [3.63, 3.8) is 0 Å². The van der Waals surface area contributed by atoms with Crippen LogP contribution in [0.5, 0.6) is 5.75 Å². The zero-order chi connectivity index (χ0) is 16.3.